The lowest BCUT2D eigenvalue weighted by molar-refractivity contribution is -0.116. The minimum Gasteiger partial charge on any atom is -0.397 e. The molecule has 6 heteroatoms. The highest BCUT2D eigenvalue weighted by atomic mass is 16.1. The lowest BCUT2D eigenvalue weighted by Crippen LogP contribution is -2.47. The smallest absolute Gasteiger partial charge is 0.224 e. The number of benzene rings is 1. The number of piperazine rings is 1. The Hall–Kier alpha value is -1.79. The summed E-state index contributed by atoms with van der Waals surface area (Å²) in [5.74, 6) is 0.0664. The Morgan fingerprint density at radius 3 is 2.70 bits per heavy atom. The summed E-state index contributed by atoms with van der Waals surface area (Å²) in [6.07, 6.45) is 1.32. The highest BCUT2D eigenvalue weighted by Crippen LogP contribution is 2.31. The van der Waals surface area contributed by atoms with E-state index in [9.17, 15) is 4.79 Å². The number of carbonyl (C=O) groups excluding carboxylic acids is 1. The zero-order chi connectivity index (χ0) is 14.1. The molecule has 6 nitrogen and oxygen atoms in total. The third-order valence-corrected chi connectivity index (χ3v) is 3.95. The summed E-state index contributed by atoms with van der Waals surface area (Å²) in [5, 5.41) is 5.06. The van der Waals surface area contributed by atoms with Crippen molar-refractivity contribution in [1.82, 2.24) is 9.91 Å². The maximum absolute atomic E-state index is 11.4. The monoisotopic (exact) mass is 275 g/mol. The number of nitrogens with two attached hydrogens (primary N) is 1. The number of hydrogen-bond donors (Lipinski definition) is 3. The summed E-state index contributed by atoms with van der Waals surface area (Å²) in [5.41, 5.74) is 13.1. The highest BCUT2D eigenvalue weighted by molar-refractivity contribution is 5.95. The third kappa shape index (κ3) is 2.71. The fraction of sp³-hybridized carbons (Fsp3) is 0.500. The van der Waals surface area contributed by atoms with Crippen LogP contribution in [-0.4, -0.2) is 49.0 Å². The second-order valence-corrected chi connectivity index (χ2v) is 5.55. The summed E-state index contributed by atoms with van der Waals surface area (Å²) in [6.45, 7) is 4.05. The second kappa shape index (κ2) is 5.30. The van der Waals surface area contributed by atoms with Crippen LogP contribution < -0.4 is 16.5 Å². The zero-order valence-corrected chi connectivity index (χ0v) is 11.8. The molecule has 2 aliphatic rings. The van der Waals surface area contributed by atoms with Gasteiger partial charge in [0, 0.05) is 38.3 Å². The van der Waals surface area contributed by atoms with Crippen molar-refractivity contribution in [3.05, 3.63) is 17.7 Å². The first-order chi connectivity index (χ1) is 9.61. The lowest BCUT2D eigenvalue weighted by atomic mass is 10.0. The van der Waals surface area contributed by atoms with Crippen molar-refractivity contribution >= 4 is 23.0 Å². The summed E-state index contributed by atoms with van der Waals surface area (Å²) in [7, 11) is 2.13. The molecule has 0 unspecified atom stereocenters. The molecule has 3 rings (SSSR count). The summed E-state index contributed by atoms with van der Waals surface area (Å²) >= 11 is 0. The number of hydrogen-bond acceptors (Lipinski definition) is 5. The molecule has 108 valence electrons. The van der Waals surface area contributed by atoms with E-state index in [0.717, 1.165) is 49.5 Å². The maximum Gasteiger partial charge on any atom is 0.224 e. The number of rotatable bonds is 2. The van der Waals surface area contributed by atoms with Crippen LogP contribution in [0.4, 0.5) is 17.1 Å². The number of amides is 1. The summed E-state index contributed by atoms with van der Waals surface area (Å²) in [4.78, 5) is 13.7. The Bertz CT molecular complexity index is 523. The van der Waals surface area contributed by atoms with Gasteiger partial charge < -0.3 is 21.4 Å². The quantitative estimate of drug-likeness (QED) is 0.694. The van der Waals surface area contributed by atoms with Crippen molar-refractivity contribution < 1.29 is 4.79 Å². The van der Waals surface area contributed by atoms with E-state index in [1.54, 1.807) is 0 Å². The van der Waals surface area contributed by atoms with Gasteiger partial charge in [0.05, 0.1) is 11.4 Å². The number of nitrogens with zero attached hydrogens (tertiary/aromatic N) is 2. The minimum absolute atomic E-state index is 0.0664. The van der Waals surface area contributed by atoms with Gasteiger partial charge in [0.1, 0.15) is 0 Å². The summed E-state index contributed by atoms with van der Waals surface area (Å²) in [6, 6.07) is 3.91. The molecule has 1 fully saturated rings. The van der Waals surface area contributed by atoms with Gasteiger partial charge in [-0.2, -0.15) is 0 Å². The van der Waals surface area contributed by atoms with E-state index in [1.165, 1.54) is 0 Å². The predicted octanol–water partition coefficient (Wildman–Crippen LogP) is 0.728. The Balaban J connectivity index is 1.75. The third-order valence-electron chi connectivity index (χ3n) is 3.95. The van der Waals surface area contributed by atoms with Crippen LogP contribution in [0.2, 0.25) is 0 Å². The fourth-order valence-electron chi connectivity index (χ4n) is 2.63. The molecule has 0 aromatic heterocycles. The molecule has 1 aromatic carbocycles. The van der Waals surface area contributed by atoms with E-state index in [4.69, 9.17) is 5.73 Å². The van der Waals surface area contributed by atoms with Crippen molar-refractivity contribution in [1.29, 1.82) is 0 Å². The van der Waals surface area contributed by atoms with Gasteiger partial charge in [-0.1, -0.05) is 0 Å². The van der Waals surface area contributed by atoms with Crippen LogP contribution in [0, 0.1) is 0 Å². The van der Waals surface area contributed by atoms with Gasteiger partial charge in [0.15, 0.2) is 0 Å². The Morgan fingerprint density at radius 1 is 1.20 bits per heavy atom. The first-order valence-electron chi connectivity index (χ1n) is 7.04. The van der Waals surface area contributed by atoms with Gasteiger partial charge in [0.25, 0.3) is 0 Å². The molecular weight excluding hydrogens is 254 g/mol. The number of fused-ring (bicyclic) bond motifs is 1. The number of nitrogen functional groups attached to an aromatic ring is 1. The molecule has 2 heterocycles. The number of nitrogens with one attached hydrogen (secondary N) is 2. The first-order valence-corrected chi connectivity index (χ1v) is 7.04. The van der Waals surface area contributed by atoms with Gasteiger partial charge in [-0.25, -0.2) is 5.01 Å². The fourth-order valence-corrected chi connectivity index (χ4v) is 2.63. The van der Waals surface area contributed by atoms with Crippen LogP contribution in [0.5, 0.6) is 0 Å². The van der Waals surface area contributed by atoms with Gasteiger partial charge >= 0.3 is 0 Å². The predicted molar refractivity (Wildman–Crippen MR) is 80.5 cm³/mol. The van der Waals surface area contributed by atoms with Crippen LogP contribution in [0.3, 0.4) is 0 Å². The standard InChI is InChI=1S/C14H21N5O/c1-18-4-6-19(7-5-18)17-13-8-10-2-3-14(20)16-12(10)9-11(13)15/h8-9,17H,2-7,15H2,1H3,(H,16,20). The van der Waals surface area contributed by atoms with Crippen LogP contribution in [0.25, 0.3) is 0 Å². The normalized spacial score (nSPS) is 20.4. The number of likely N-dealkylation sites (N-methyl/N-ethyl adjacent to an activating group) is 1. The SMILES string of the molecule is CN1CCN(Nc2cc3c(cc2N)NC(=O)CC3)CC1. The minimum atomic E-state index is 0.0664. The molecule has 0 atom stereocenters. The molecular formula is C14H21N5O. The number of carbonyl (C=O) groups is 1. The van der Waals surface area contributed by atoms with E-state index < -0.39 is 0 Å². The zero-order valence-electron chi connectivity index (χ0n) is 11.8. The molecule has 20 heavy (non-hydrogen) atoms. The van der Waals surface area contributed by atoms with Crippen molar-refractivity contribution in [3.63, 3.8) is 0 Å². The molecule has 1 aromatic rings. The van der Waals surface area contributed by atoms with E-state index in [-0.39, 0.29) is 5.91 Å². The van der Waals surface area contributed by atoms with E-state index >= 15 is 0 Å². The Morgan fingerprint density at radius 2 is 1.95 bits per heavy atom. The number of anilines is 3. The van der Waals surface area contributed by atoms with Crippen molar-refractivity contribution in [2.24, 2.45) is 0 Å². The lowest BCUT2D eigenvalue weighted by Gasteiger charge is -2.33. The van der Waals surface area contributed by atoms with Gasteiger partial charge in [-0.15, -0.1) is 0 Å². The second-order valence-electron chi connectivity index (χ2n) is 5.55. The van der Waals surface area contributed by atoms with E-state index in [0.29, 0.717) is 12.1 Å². The molecule has 1 saturated heterocycles. The first kappa shape index (κ1) is 13.2. The number of aryl methyl sites for hydroxylation is 1. The van der Waals surface area contributed by atoms with Crippen molar-refractivity contribution in [2.75, 3.05) is 49.7 Å². The molecule has 1 amide bonds. The molecule has 0 radical (unpaired) electrons. The van der Waals surface area contributed by atoms with Gasteiger partial charge in [-0.3, -0.25) is 4.79 Å². The van der Waals surface area contributed by atoms with E-state index in [1.807, 2.05) is 6.07 Å². The van der Waals surface area contributed by atoms with Crippen LogP contribution in [0.15, 0.2) is 12.1 Å². The van der Waals surface area contributed by atoms with Gasteiger partial charge in [0.2, 0.25) is 5.91 Å². The average molecular weight is 275 g/mol. The van der Waals surface area contributed by atoms with Crippen molar-refractivity contribution in [2.45, 2.75) is 12.8 Å². The van der Waals surface area contributed by atoms with Crippen molar-refractivity contribution in [3.8, 4) is 0 Å². The molecule has 0 aliphatic carbocycles. The Kier molecular flexibility index (Phi) is 3.50. The molecule has 2 aliphatic heterocycles. The summed E-state index contributed by atoms with van der Waals surface area (Å²) < 4.78 is 0. The molecule has 4 N–H and O–H groups in total. The van der Waals surface area contributed by atoms with E-state index in [2.05, 4.69) is 33.8 Å². The highest BCUT2D eigenvalue weighted by Gasteiger charge is 2.19. The molecule has 0 bridgehead atoms. The van der Waals surface area contributed by atoms with Crippen LogP contribution >= 0.6 is 0 Å². The molecule has 0 saturated carbocycles. The topological polar surface area (TPSA) is 73.6 Å². The number of hydrazine groups is 1. The van der Waals surface area contributed by atoms with Gasteiger partial charge in [-0.05, 0) is 31.2 Å². The molecule has 0 spiro atoms. The van der Waals surface area contributed by atoms with Crippen LogP contribution in [0.1, 0.15) is 12.0 Å². The van der Waals surface area contributed by atoms with Crippen LogP contribution in [-0.2, 0) is 11.2 Å². The average Bonchev–Trinajstić information content (AvgIpc) is 2.42. The largest absolute Gasteiger partial charge is 0.397 e. The Labute approximate surface area is 118 Å². The maximum atomic E-state index is 11.4.